The molecular formula is C27H31FIN6O3PS. The van der Waals surface area contributed by atoms with Crippen molar-refractivity contribution < 1.29 is 4.39 Å². The molecule has 3 N–H and O–H groups in total. The third-order valence-corrected chi connectivity index (χ3v) is 7.36. The van der Waals surface area contributed by atoms with Crippen molar-refractivity contribution >= 4 is 74.8 Å². The van der Waals surface area contributed by atoms with E-state index in [1.807, 2.05) is 19.9 Å². The summed E-state index contributed by atoms with van der Waals surface area (Å²) < 4.78 is 25.0. The van der Waals surface area contributed by atoms with E-state index >= 15 is 0 Å². The summed E-state index contributed by atoms with van der Waals surface area (Å²) in [6.45, 7) is 9.76. The van der Waals surface area contributed by atoms with Crippen LogP contribution < -0.4 is 31.6 Å². The lowest BCUT2D eigenvalue weighted by Gasteiger charge is -2.21. The molecular weight excluding hydrogens is 665 g/mol. The zero-order valence-corrected chi connectivity index (χ0v) is 26.9. The molecule has 0 spiro atoms. The largest absolute Gasteiger partial charge is 0.338 e. The molecule has 1 fully saturated rings. The lowest BCUT2D eigenvalue weighted by molar-refractivity contribution is 0.630. The highest BCUT2D eigenvalue weighted by Gasteiger charge is 2.32. The number of nitrogens with zero attached hydrogens (tertiary/aromatic N) is 3. The van der Waals surface area contributed by atoms with E-state index in [2.05, 4.69) is 43.7 Å². The molecule has 1 atom stereocenters. The normalized spacial score (nSPS) is 13.3. The molecule has 1 aliphatic heterocycles. The molecule has 1 aliphatic carbocycles. The second kappa shape index (κ2) is 12.4. The van der Waals surface area contributed by atoms with Crippen LogP contribution >= 0.6 is 41.1 Å². The molecule has 2 aromatic carbocycles. The van der Waals surface area contributed by atoms with E-state index in [0.29, 0.717) is 18.5 Å². The van der Waals surface area contributed by atoms with E-state index in [1.165, 1.54) is 38.9 Å². The van der Waals surface area contributed by atoms with Gasteiger partial charge in [-0.2, -0.15) is 0 Å². The zero-order chi connectivity index (χ0) is 29.3. The third kappa shape index (κ3) is 5.28. The first kappa shape index (κ1) is 30.1. The van der Waals surface area contributed by atoms with Crippen LogP contribution in [0.5, 0.6) is 0 Å². The van der Waals surface area contributed by atoms with Crippen LogP contribution in [0.3, 0.4) is 0 Å². The minimum absolute atomic E-state index is 0.126. The molecule has 1 saturated carbocycles. The second-order valence-electron chi connectivity index (χ2n) is 9.23. The van der Waals surface area contributed by atoms with Crippen molar-refractivity contribution in [2.45, 2.75) is 46.6 Å². The van der Waals surface area contributed by atoms with E-state index in [4.69, 9.17) is 0 Å². The lowest BCUT2D eigenvalue weighted by Crippen LogP contribution is -2.41. The number of aryl methyl sites for hydroxylation is 2. The quantitative estimate of drug-likeness (QED) is 0.130. The predicted octanol–water partition coefficient (Wildman–Crippen LogP) is 6.32. The van der Waals surface area contributed by atoms with Crippen LogP contribution in [0, 0.1) is 19.7 Å². The van der Waals surface area contributed by atoms with Gasteiger partial charge in [0, 0.05) is 18.7 Å². The molecule has 0 amide bonds. The van der Waals surface area contributed by atoms with Crippen LogP contribution in [0.2, 0.25) is 0 Å². The second-order valence-corrected chi connectivity index (χ2v) is 9.84. The summed E-state index contributed by atoms with van der Waals surface area (Å²) in [5, 5.41) is 3.13. The van der Waals surface area contributed by atoms with E-state index in [-0.39, 0.29) is 34.0 Å². The predicted molar refractivity (Wildman–Crippen MR) is 176 cm³/mol. The van der Waals surface area contributed by atoms with Gasteiger partial charge in [0.1, 0.15) is 17.0 Å². The van der Waals surface area contributed by atoms with Crippen molar-refractivity contribution in [1.82, 2.24) is 13.7 Å². The Kier molecular flexibility index (Phi) is 9.31. The Labute approximate surface area is 250 Å². The van der Waals surface area contributed by atoms with Gasteiger partial charge in [-0.25, -0.2) is 9.18 Å². The smallest absolute Gasteiger partial charge is 0.336 e. The zero-order valence-electron chi connectivity index (χ0n) is 22.8. The van der Waals surface area contributed by atoms with Crippen LogP contribution in [-0.4, -0.2) is 13.7 Å². The number of hydrogen-bond acceptors (Lipinski definition) is 7. The number of rotatable bonds is 4. The number of aromatic nitrogens is 3. The number of fused-ring (bicyclic) bond motifs is 2. The maximum atomic E-state index is 14.8. The van der Waals surface area contributed by atoms with Crippen molar-refractivity contribution in [2.24, 2.45) is 7.05 Å². The molecule has 212 valence electrons. The van der Waals surface area contributed by atoms with Gasteiger partial charge in [0.25, 0.3) is 11.1 Å². The Morgan fingerprint density at radius 3 is 2.33 bits per heavy atom. The molecule has 9 nitrogen and oxygen atoms in total. The highest BCUT2D eigenvalue weighted by Crippen LogP contribution is 2.36. The Bertz CT molecular complexity index is 1780. The van der Waals surface area contributed by atoms with Crippen LogP contribution in [0.4, 0.5) is 27.3 Å². The topological polar surface area (TPSA) is 102 Å². The van der Waals surface area contributed by atoms with Crippen molar-refractivity contribution in [3.05, 3.63) is 84.5 Å². The van der Waals surface area contributed by atoms with Gasteiger partial charge in [0.05, 0.1) is 40.4 Å². The number of halogens is 2. The van der Waals surface area contributed by atoms with Crippen molar-refractivity contribution in [3.8, 4) is 5.69 Å². The maximum absolute atomic E-state index is 14.8. The number of nitrogens with one attached hydrogen (secondary N) is 3. The molecule has 2 aliphatic rings. The number of anilines is 4. The Balaban J connectivity index is 0.000000886. The number of pyridine rings is 1. The van der Waals surface area contributed by atoms with Crippen molar-refractivity contribution in [3.63, 3.8) is 0 Å². The maximum Gasteiger partial charge on any atom is 0.336 e. The molecule has 40 heavy (non-hydrogen) atoms. The molecule has 4 aromatic rings. The van der Waals surface area contributed by atoms with Gasteiger partial charge in [0.15, 0.2) is 0 Å². The Morgan fingerprint density at radius 1 is 1.00 bits per heavy atom. The van der Waals surface area contributed by atoms with E-state index in [9.17, 15) is 18.8 Å². The SMILES string of the molecule is CC.Cc1ccc(Nc2c3c(=O)n(C4CC4)c(=O)n(-c4ccc5c(c4)NSN5)c3c(C)c(=O)n2C)c(F)c1.PI. The first-order valence-corrected chi connectivity index (χ1v) is 17.7. The first-order chi connectivity index (χ1) is 19.3. The van der Waals surface area contributed by atoms with Crippen LogP contribution in [-0.2, 0) is 7.05 Å². The highest BCUT2D eigenvalue weighted by molar-refractivity contribution is 14.2. The monoisotopic (exact) mass is 696 g/mol. The summed E-state index contributed by atoms with van der Waals surface area (Å²) in [5.41, 5.74) is 2.08. The van der Waals surface area contributed by atoms with Crippen LogP contribution in [0.25, 0.3) is 16.6 Å². The summed E-state index contributed by atoms with van der Waals surface area (Å²) in [5.74, 6) is -0.380. The molecule has 1 unspecified atom stereocenters. The minimum atomic E-state index is -0.512. The van der Waals surface area contributed by atoms with Crippen LogP contribution in [0.15, 0.2) is 50.8 Å². The average molecular weight is 697 g/mol. The summed E-state index contributed by atoms with van der Waals surface area (Å²) in [4.78, 5) is 41.0. The molecule has 0 radical (unpaired) electrons. The van der Waals surface area contributed by atoms with Gasteiger partial charge in [0.2, 0.25) is 0 Å². The van der Waals surface area contributed by atoms with Gasteiger partial charge in [-0.1, -0.05) is 48.8 Å². The molecule has 3 heterocycles. The lowest BCUT2D eigenvalue weighted by atomic mass is 10.1. The molecule has 13 heteroatoms. The first-order valence-electron chi connectivity index (χ1n) is 12.7. The number of hydrogen-bond donors (Lipinski definition) is 3. The fourth-order valence-electron chi connectivity index (χ4n) is 4.68. The molecule has 2 aromatic heterocycles. The molecule has 0 saturated heterocycles. The standard InChI is InChI=1S/C25H23FN6O3S.C2H6.H2IP/c1-12-4-8-17(16(26)10-12)27-22-20-21(13(2)23(33)30(22)3)31(25(35)32(24(20)34)14-5-6-14)15-7-9-18-19(11-15)29-36-28-18;2*1-2/h4,7-11,14,27-29H,5-6H2,1-3H3;1-2H3;2H2. The minimum Gasteiger partial charge on any atom is -0.338 e. The van der Waals surface area contributed by atoms with Gasteiger partial charge in [-0.3, -0.25) is 23.3 Å². The molecule has 0 bridgehead atoms. The number of benzene rings is 2. The van der Waals surface area contributed by atoms with Gasteiger partial charge in [-0.05, 0) is 62.6 Å². The average Bonchev–Trinajstić information content (AvgIpc) is 3.68. The Morgan fingerprint density at radius 2 is 1.68 bits per heavy atom. The highest BCUT2D eigenvalue weighted by atomic mass is 127. The fraction of sp³-hybridized carbons (Fsp3) is 0.296. The van der Waals surface area contributed by atoms with Gasteiger partial charge in [-0.15, -0.1) is 0 Å². The van der Waals surface area contributed by atoms with E-state index < -0.39 is 22.6 Å². The van der Waals surface area contributed by atoms with Gasteiger partial charge >= 0.3 is 5.69 Å². The van der Waals surface area contributed by atoms with Crippen molar-refractivity contribution in [2.75, 3.05) is 14.8 Å². The third-order valence-electron chi connectivity index (χ3n) is 6.72. The summed E-state index contributed by atoms with van der Waals surface area (Å²) in [6, 6.07) is 9.86. The van der Waals surface area contributed by atoms with Crippen molar-refractivity contribution in [1.29, 1.82) is 0 Å². The summed E-state index contributed by atoms with van der Waals surface area (Å²) in [6.07, 6.45) is 1.43. The van der Waals surface area contributed by atoms with Crippen LogP contribution in [0.1, 0.15) is 43.9 Å². The Hall–Kier alpha value is -2.83. The molecule has 6 rings (SSSR count). The summed E-state index contributed by atoms with van der Waals surface area (Å²) >= 11 is 3.37. The summed E-state index contributed by atoms with van der Waals surface area (Å²) in [7, 11) is 1.53. The fourth-order valence-corrected chi connectivity index (χ4v) is 5.30. The van der Waals surface area contributed by atoms with E-state index in [0.717, 1.165) is 16.9 Å². The van der Waals surface area contributed by atoms with Gasteiger partial charge < -0.3 is 14.8 Å². The van der Waals surface area contributed by atoms with E-state index in [1.54, 1.807) is 38.1 Å².